The van der Waals surface area contributed by atoms with E-state index < -0.39 is 0 Å². The Morgan fingerprint density at radius 2 is 1.81 bits per heavy atom. The number of carbonyl (C=O) groups is 2. The van der Waals surface area contributed by atoms with E-state index >= 15 is 0 Å². The third kappa shape index (κ3) is 5.07. The smallest absolute Gasteiger partial charge is 0.225 e. The Morgan fingerprint density at radius 3 is 2.50 bits per heavy atom. The Balaban J connectivity index is 1.39. The van der Waals surface area contributed by atoms with Crippen molar-refractivity contribution in [1.29, 1.82) is 0 Å². The van der Waals surface area contributed by atoms with Crippen LogP contribution in [0.4, 0.5) is 0 Å². The second kappa shape index (κ2) is 9.81. The van der Waals surface area contributed by atoms with E-state index in [1.165, 1.54) is 5.56 Å². The predicted octanol–water partition coefficient (Wildman–Crippen LogP) is 3.71. The predicted molar refractivity (Wildman–Crippen MR) is 123 cm³/mol. The monoisotopic (exact) mass is 431 g/mol. The van der Waals surface area contributed by atoms with Crippen LogP contribution in [0.15, 0.2) is 59.1 Å². The molecule has 6 heteroatoms. The molecule has 0 unspecified atom stereocenters. The van der Waals surface area contributed by atoms with Crippen LogP contribution in [0.3, 0.4) is 0 Å². The van der Waals surface area contributed by atoms with Crippen molar-refractivity contribution in [1.82, 2.24) is 15.4 Å². The molecule has 1 N–H and O–H groups in total. The zero-order chi connectivity index (χ0) is 22.5. The van der Waals surface area contributed by atoms with Gasteiger partial charge in [-0.3, -0.25) is 9.59 Å². The van der Waals surface area contributed by atoms with Gasteiger partial charge in [0.05, 0.1) is 11.6 Å². The maximum Gasteiger partial charge on any atom is 0.225 e. The minimum absolute atomic E-state index is 0.0122. The second-order valence-electron chi connectivity index (χ2n) is 8.40. The minimum Gasteiger partial charge on any atom is -0.361 e. The van der Waals surface area contributed by atoms with Gasteiger partial charge in [-0.2, -0.15) is 0 Å². The Kier molecular flexibility index (Phi) is 6.69. The highest BCUT2D eigenvalue weighted by molar-refractivity contribution is 5.82. The largest absolute Gasteiger partial charge is 0.361 e. The zero-order valence-electron chi connectivity index (χ0n) is 18.6. The summed E-state index contributed by atoms with van der Waals surface area (Å²) in [5.74, 6) is 0.576. The van der Waals surface area contributed by atoms with Crippen LogP contribution in [0.5, 0.6) is 0 Å². The van der Waals surface area contributed by atoms with Crippen LogP contribution in [-0.4, -0.2) is 41.5 Å². The average Bonchev–Trinajstić information content (AvgIpc) is 3.01. The van der Waals surface area contributed by atoms with E-state index in [1.807, 2.05) is 36.9 Å². The van der Waals surface area contributed by atoms with Gasteiger partial charge in [0, 0.05) is 31.6 Å². The van der Waals surface area contributed by atoms with Crippen LogP contribution in [0, 0.1) is 19.8 Å². The van der Waals surface area contributed by atoms with Gasteiger partial charge in [-0.15, -0.1) is 0 Å². The van der Waals surface area contributed by atoms with E-state index in [0.717, 1.165) is 28.1 Å². The Hall–Kier alpha value is -3.41. The van der Waals surface area contributed by atoms with Crippen molar-refractivity contribution in [2.24, 2.45) is 5.92 Å². The Morgan fingerprint density at radius 1 is 1.09 bits per heavy atom. The minimum atomic E-state index is -0.261. The van der Waals surface area contributed by atoms with Gasteiger partial charge in [-0.1, -0.05) is 59.8 Å². The summed E-state index contributed by atoms with van der Waals surface area (Å²) in [7, 11) is 0. The lowest BCUT2D eigenvalue weighted by atomic mass is 9.96. The topological polar surface area (TPSA) is 75.4 Å². The molecule has 0 radical (unpaired) electrons. The SMILES string of the molecule is Cc1noc(C)c1CCC(=O)N1CCNC(=O)[C@H](Cc2ccc(-c3ccccc3)cc2)C1. The van der Waals surface area contributed by atoms with Crippen molar-refractivity contribution in [2.75, 3.05) is 19.6 Å². The second-order valence-corrected chi connectivity index (χ2v) is 8.40. The molecule has 166 valence electrons. The van der Waals surface area contributed by atoms with Crippen molar-refractivity contribution in [2.45, 2.75) is 33.1 Å². The number of carbonyl (C=O) groups excluding carboxylic acids is 2. The fraction of sp³-hybridized carbons (Fsp3) is 0.346. The van der Waals surface area contributed by atoms with E-state index in [0.29, 0.717) is 38.9 Å². The summed E-state index contributed by atoms with van der Waals surface area (Å²) < 4.78 is 5.20. The van der Waals surface area contributed by atoms with E-state index in [9.17, 15) is 9.59 Å². The molecule has 1 saturated heterocycles. The lowest BCUT2D eigenvalue weighted by molar-refractivity contribution is -0.132. The molecule has 0 saturated carbocycles. The summed E-state index contributed by atoms with van der Waals surface area (Å²) in [6, 6.07) is 18.5. The number of aromatic nitrogens is 1. The van der Waals surface area contributed by atoms with Crippen molar-refractivity contribution in [3.63, 3.8) is 0 Å². The maximum atomic E-state index is 12.9. The highest BCUT2D eigenvalue weighted by atomic mass is 16.5. The van der Waals surface area contributed by atoms with E-state index in [-0.39, 0.29) is 17.7 Å². The number of aryl methyl sites for hydroxylation is 2. The molecule has 1 fully saturated rings. The van der Waals surface area contributed by atoms with Crippen molar-refractivity contribution < 1.29 is 14.1 Å². The summed E-state index contributed by atoms with van der Waals surface area (Å²) in [5, 5.41) is 6.93. The van der Waals surface area contributed by atoms with Gasteiger partial charge >= 0.3 is 0 Å². The number of nitrogens with zero attached hydrogens (tertiary/aromatic N) is 2. The van der Waals surface area contributed by atoms with Gasteiger partial charge in [0.2, 0.25) is 11.8 Å². The van der Waals surface area contributed by atoms with Gasteiger partial charge in [-0.25, -0.2) is 0 Å². The summed E-state index contributed by atoms with van der Waals surface area (Å²) >= 11 is 0. The van der Waals surface area contributed by atoms with Gasteiger partial charge in [0.25, 0.3) is 0 Å². The van der Waals surface area contributed by atoms with Crippen molar-refractivity contribution in [3.05, 3.63) is 77.2 Å². The third-order valence-corrected chi connectivity index (χ3v) is 6.16. The number of amides is 2. The molecule has 0 spiro atoms. The Labute approximate surface area is 188 Å². The lowest BCUT2D eigenvalue weighted by Gasteiger charge is -2.23. The molecular formula is C26H29N3O3. The quantitative estimate of drug-likeness (QED) is 0.646. The van der Waals surface area contributed by atoms with E-state index in [2.05, 4.69) is 46.9 Å². The molecule has 4 rings (SSSR count). The summed E-state index contributed by atoms with van der Waals surface area (Å²) in [6.45, 7) is 5.22. The molecule has 1 atom stereocenters. The van der Waals surface area contributed by atoms with Gasteiger partial charge in [0.1, 0.15) is 5.76 Å². The molecule has 1 aliphatic rings. The first-order chi connectivity index (χ1) is 15.5. The number of nitrogens with one attached hydrogen (secondary N) is 1. The fourth-order valence-corrected chi connectivity index (χ4v) is 4.28. The number of benzene rings is 2. The lowest BCUT2D eigenvalue weighted by Crippen LogP contribution is -2.37. The first kappa shape index (κ1) is 21.8. The highest BCUT2D eigenvalue weighted by Gasteiger charge is 2.28. The van der Waals surface area contributed by atoms with E-state index in [4.69, 9.17) is 4.52 Å². The number of hydrogen-bond acceptors (Lipinski definition) is 4. The number of rotatable bonds is 6. The van der Waals surface area contributed by atoms with Gasteiger partial charge in [-0.05, 0) is 43.4 Å². The first-order valence-electron chi connectivity index (χ1n) is 11.1. The molecule has 6 nitrogen and oxygen atoms in total. The standard InChI is InChI=1S/C26H29N3O3/c1-18-24(19(2)32-28-18)12-13-25(30)29-15-14-27-26(31)23(17-29)16-20-8-10-22(11-9-20)21-6-4-3-5-7-21/h3-11,23H,12-17H2,1-2H3,(H,27,31)/t23-/m1/s1. The molecule has 1 aromatic heterocycles. The van der Waals surface area contributed by atoms with Crippen LogP contribution >= 0.6 is 0 Å². The molecule has 2 heterocycles. The first-order valence-corrected chi connectivity index (χ1v) is 11.1. The van der Waals surface area contributed by atoms with Gasteiger partial charge in [0.15, 0.2) is 0 Å². The van der Waals surface area contributed by atoms with E-state index in [1.54, 1.807) is 0 Å². The van der Waals surface area contributed by atoms with Crippen LogP contribution in [0.25, 0.3) is 11.1 Å². The average molecular weight is 432 g/mol. The molecule has 3 aromatic rings. The summed E-state index contributed by atoms with van der Waals surface area (Å²) in [6.07, 6.45) is 1.59. The number of hydrogen-bond donors (Lipinski definition) is 1. The van der Waals surface area contributed by atoms with Crippen molar-refractivity contribution in [3.8, 4) is 11.1 Å². The molecule has 0 bridgehead atoms. The van der Waals surface area contributed by atoms with Gasteiger partial charge < -0.3 is 14.7 Å². The summed E-state index contributed by atoms with van der Waals surface area (Å²) in [5.41, 5.74) is 5.24. The maximum absolute atomic E-state index is 12.9. The zero-order valence-corrected chi connectivity index (χ0v) is 18.6. The molecular weight excluding hydrogens is 402 g/mol. The molecule has 1 aliphatic heterocycles. The highest BCUT2D eigenvalue weighted by Crippen LogP contribution is 2.22. The molecule has 32 heavy (non-hydrogen) atoms. The molecule has 0 aliphatic carbocycles. The fourth-order valence-electron chi connectivity index (χ4n) is 4.28. The molecule has 2 amide bonds. The van der Waals surface area contributed by atoms with Crippen LogP contribution in [0.2, 0.25) is 0 Å². The van der Waals surface area contributed by atoms with Crippen molar-refractivity contribution >= 4 is 11.8 Å². The molecule has 2 aromatic carbocycles. The van der Waals surface area contributed by atoms with Crippen LogP contribution in [0.1, 0.15) is 29.0 Å². The third-order valence-electron chi connectivity index (χ3n) is 6.16. The normalized spacial score (nSPS) is 16.5. The summed E-state index contributed by atoms with van der Waals surface area (Å²) in [4.78, 5) is 27.4. The van der Waals surface area contributed by atoms with Crippen LogP contribution < -0.4 is 5.32 Å². The Bertz CT molecular complexity index is 1050. The van der Waals surface area contributed by atoms with Crippen LogP contribution in [-0.2, 0) is 22.4 Å².